The van der Waals surface area contributed by atoms with Crippen molar-refractivity contribution in [2.45, 2.75) is 50.4 Å². The molecule has 192 valence electrons. The monoisotopic (exact) mass is 509 g/mol. The predicted molar refractivity (Wildman–Crippen MR) is 127 cm³/mol. The van der Waals surface area contributed by atoms with E-state index >= 15 is 8.78 Å². The molecule has 1 aromatic heterocycles. The Labute approximate surface area is 210 Å². The first kappa shape index (κ1) is 23.7. The molecule has 3 N–H and O–H groups in total. The molecule has 1 unspecified atom stereocenters. The summed E-state index contributed by atoms with van der Waals surface area (Å²) < 4.78 is 31.0. The molecule has 9 nitrogen and oxygen atoms in total. The molecule has 1 atom stereocenters. The topological polar surface area (TPSA) is 119 Å². The highest BCUT2D eigenvalue weighted by atomic mass is 19.1. The highest BCUT2D eigenvalue weighted by Gasteiger charge is 2.45. The summed E-state index contributed by atoms with van der Waals surface area (Å²) in [6.07, 6.45) is 0.384. The van der Waals surface area contributed by atoms with Gasteiger partial charge in [-0.3, -0.25) is 29.7 Å². The molecular weight excluding hydrogens is 484 g/mol. The van der Waals surface area contributed by atoms with Gasteiger partial charge in [0, 0.05) is 37.0 Å². The van der Waals surface area contributed by atoms with Crippen molar-refractivity contribution in [3.8, 4) is 0 Å². The smallest absolute Gasteiger partial charge is 0.255 e. The summed E-state index contributed by atoms with van der Waals surface area (Å²) in [4.78, 5) is 39.9. The Bertz CT molecular complexity index is 1450. The quantitative estimate of drug-likeness (QED) is 0.464. The summed E-state index contributed by atoms with van der Waals surface area (Å²) in [5, 5.41) is 21.9. The molecule has 37 heavy (non-hydrogen) atoms. The molecule has 3 aliphatic heterocycles. The third kappa shape index (κ3) is 3.89. The van der Waals surface area contributed by atoms with Crippen LogP contribution < -0.4 is 5.32 Å². The van der Waals surface area contributed by atoms with Crippen molar-refractivity contribution in [2.24, 2.45) is 0 Å². The van der Waals surface area contributed by atoms with Crippen molar-refractivity contribution in [3.63, 3.8) is 0 Å². The minimum absolute atomic E-state index is 0.0371. The van der Waals surface area contributed by atoms with Gasteiger partial charge in [-0.05, 0) is 31.4 Å². The van der Waals surface area contributed by atoms with Gasteiger partial charge in [0.2, 0.25) is 11.8 Å². The molecule has 11 heteroatoms. The Morgan fingerprint density at radius 1 is 1.14 bits per heavy atom. The lowest BCUT2D eigenvalue weighted by Gasteiger charge is -2.38. The third-order valence-corrected chi connectivity index (χ3v) is 7.80. The van der Waals surface area contributed by atoms with Crippen LogP contribution in [0.15, 0.2) is 30.3 Å². The zero-order chi connectivity index (χ0) is 25.9. The van der Waals surface area contributed by atoms with Crippen molar-refractivity contribution in [1.82, 2.24) is 25.3 Å². The minimum Gasteiger partial charge on any atom is -0.385 e. The number of carbonyl (C=O) groups excluding carboxylic acids is 3. The molecule has 0 spiro atoms. The number of rotatable bonds is 4. The second-order valence-corrected chi connectivity index (χ2v) is 10.00. The lowest BCUT2D eigenvalue weighted by atomic mass is 9.82. The minimum atomic E-state index is -1.74. The molecule has 3 aromatic rings. The van der Waals surface area contributed by atoms with Gasteiger partial charge in [-0.15, -0.1) is 0 Å². The van der Waals surface area contributed by atoms with Crippen molar-refractivity contribution in [3.05, 3.63) is 64.4 Å². The van der Waals surface area contributed by atoms with Crippen molar-refractivity contribution in [1.29, 1.82) is 0 Å². The molecule has 0 bridgehead atoms. The van der Waals surface area contributed by atoms with Crippen LogP contribution in [-0.4, -0.2) is 62.0 Å². The molecular formula is C26H25F2N5O4. The molecule has 2 aromatic carbocycles. The Hall–Kier alpha value is -3.70. The van der Waals surface area contributed by atoms with E-state index in [4.69, 9.17) is 0 Å². The lowest BCUT2D eigenvalue weighted by molar-refractivity contribution is -0.136. The van der Waals surface area contributed by atoms with Crippen LogP contribution in [-0.2, 0) is 28.3 Å². The number of hydrogen-bond acceptors (Lipinski definition) is 6. The van der Waals surface area contributed by atoms with Crippen molar-refractivity contribution < 1.29 is 28.3 Å². The summed E-state index contributed by atoms with van der Waals surface area (Å²) in [6, 6.07) is 7.79. The number of carbonyl (C=O) groups is 3. The zero-order valence-corrected chi connectivity index (χ0v) is 19.9. The van der Waals surface area contributed by atoms with E-state index in [9.17, 15) is 19.5 Å². The number of benzene rings is 2. The number of halogens is 2. The highest BCUT2D eigenvalue weighted by Crippen LogP contribution is 2.40. The van der Waals surface area contributed by atoms with Crippen LogP contribution in [0.1, 0.15) is 52.9 Å². The van der Waals surface area contributed by atoms with Crippen LogP contribution in [0.4, 0.5) is 8.78 Å². The third-order valence-electron chi connectivity index (χ3n) is 7.80. The molecule has 3 aliphatic rings. The van der Waals surface area contributed by atoms with Crippen LogP contribution in [0, 0.1) is 11.6 Å². The number of amides is 3. The normalized spacial score (nSPS) is 22.0. The molecule has 0 saturated carbocycles. The number of para-hydroxylation sites is 1. The number of aliphatic hydroxyl groups is 1. The predicted octanol–water partition coefficient (Wildman–Crippen LogP) is 2.09. The fraction of sp³-hybridized carbons (Fsp3) is 0.385. The summed E-state index contributed by atoms with van der Waals surface area (Å²) in [7, 11) is 0. The number of likely N-dealkylation sites (tertiary alicyclic amines) is 1. The number of nitrogens with zero attached hydrogens (tertiary/aromatic N) is 3. The maximum absolute atomic E-state index is 15.8. The summed E-state index contributed by atoms with van der Waals surface area (Å²) in [6.45, 7) is 1.10. The Morgan fingerprint density at radius 3 is 2.65 bits per heavy atom. The van der Waals surface area contributed by atoms with Gasteiger partial charge < -0.3 is 10.0 Å². The maximum atomic E-state index is 15.8. The van der Waals surface area contributed by atoms with Gasteiger partial charge in [0.1, 0.15) is 17.7 Å². The molecule has 0 aliphatic carbocycles. The molecule has 3 amide bonds. The lowest BCUT2D eigenvalue weighted by Crippen LogP contribution is -2.52. The van der Waals surface area contributed by atoms with E-state index in [1.165, 1.54) is 4.90 Å². The molecule has 0 radical (unpaired) electrons. The highest BCUT2D eigenvalue weighted by molar-refractivity contribution is 6.05. The Morgan fingerprint density at radius 2 is 1.89 bits per heavy atom. The Kier molecular flexibility index (Phi) is 5.57. The number of hydrogen-bond donors (Lipinski definition) is 3. The second-order valence-electron chi connectivity index (χ2n) is 10.00. The molecule has 2 fully saturated rings. The number of fused-ring (bicyclic) bond motifs is 2. The number of H-pyrrole nitrogens is 1. The van der Waals surface area contributed by atoms with Gasteiger partial charge in [-0.2, -0.15) is 5.10 Å². The van der Waals surface area contributed by atoms with E-state index in [1.807, 2.05) is 24.3 Å². The van der Waals surface area contributed by atoms with E-state index in [-0.39, 0.29) is 43.4 Å². The SMILES string of the molecule is O=C1CCC(N2Cc3c(cc(F)c(C4(O)CCN(Cc5n[nH]c6ccccc56)CC4)c3F)C2=O)C(=O)N1. The van der Waals surface area contributed by atoms with Crippen LogP contribution in [0.3, 0.4) is 0 Å². The summed E-state index contributed by atoms with van der Waals surface area (Å²) in [5.41, 5.74) is -0.579. The molecule has 4 heterocycles. The van der Waals surface area contributed by atoms with Gasteiger partial charge in [0.05, 0.1) is 34.5 Å². The van der Waals surface area contributed by atoms with Gasteiger partial charge in [-0.25, -0.2) is 8.78 Å². The van der Waals surface area contributed by atoms with Crippen LogP contribution in [0.5, 0.6) is 0 Å². The van der Waals surface area contributed by atoms with Crippen molar-refractivity contribution >= 4 is 28.6 Å². The van der Waals surface area contributed by atoms with E-state index in [0.717, 1.165) is 22.7 Å². The Balaban J connectivity index is 1.21. The standard InChI is InChI=1S/C26H25F2N5O4/c27-17-11-15-16(12-33(25(15)36)20-5-6-21(34)29-24(20)35)23(28)22(17)26(37)7-9-32(10-8-26)13-19-14-3-1-2-4-18(14)30-31-19/h1-4,11,20,37H,5-10,12-13H2,(H,30,31)(H,29,34,35). The average Bonchev–Trinajstić information content (AvgIpc) is 3.42. The number of imide groups is 1. The van der Waals surface area contributed by atoms with Gasteiger partial charge in [-0.1, -0.05) is 18.2 Å². The maximum Gasteiger partial charge on any atom is 0.255 e. The number of aromatic nitrogens is 2. The van der Waals surface area contributed by atoms with Gasteiger partial charge >= 0.3 is 0 Å². The van der Waals surface area contributed by atoms with E-state index in [0.29, 0.717) is 19.6 Å². The first-order chi connectivity index (χ1) is 17.7. The van der Waals surface area contributed by atoms with Crippen molar-refractivity contribution in [2.75, 3.05) is 13.1 Å². The summed E-state index contributed by atoms with van der Waals surface area (Å²) >= 11 is 0. The summed E-state index contributed by atoms with van der Waals surface area (Å²) in [5.74, 6) is -3.66. The number of aromatic amines is 1. The van der Waals surface area contributed by atoms with Crippen LogP contribution in [0.2, 0.25) is 0 Å². The number of nitrogens with one attached hydrogen (secondary N) is 2. The second kappa shape index (κ2) is 8.70. The molecule has 2 saturated heterocycles. The largest absolute Gasteiger partial charge is 0.385 e. The first-order valence-corrected chi connectivity index (χ1v) is 12.3. The number of piperidine rings is 2. The van der Waals surface area contributed by atoms with Gasteiger partial charge in [0.15, 0.2) is 0 Å². The fourth-order valence-electron chi connectivity index (χ4n) is 5.74. The fourth-order valence-corrected chi connectivity index (χ4v) is 5.74. The molecule has 6 rings (SSSR count). The zero-order valence-electron chi connectivity index (χ0n) is 19.9. The van der Waals surface area contributed by atoms with Crippen LogP contribution in [0.25, 0.3) is 10.9 Å². The van der Waals surface area contributed by atoms with Gasteiger partial charge in [0.25, 0.3) is 5.91 Å². The van der Waals surface area contributed by atoms with E-state index in [2.05, 4.69) is 20.4 Å². The first-order valence-electron chi connectivity index (χ1n) is 12.3. The van der Waals surface area contributed by atoms with E-state index < -0.39 is 46.6 Å². The average molecular weight is 510 g/mol. The van der Waals surface area contributed by atoms with Crippen LogP contribution >= 0.6 is 0 Å². The van der Waals surface area contributed by atoms with E-state index in [1.54, 1.807) is 0 Å².